The maximum Gasteiger partial charge on any atom is 0.270 e. The molecule has 0 bridgehead atoms. The topological polar surface area (TPSA) is 51.2 Å². The summed E-state index contributed by atoms with van der Waals surface area (Å²) in [6, 6.07) is 9.64. The molecular weight excluding hydrogens is 276 g/mol. The fourth-order valence-corrected chi connectivity index (χ4v) is 3.13. The number of methoxy groups -OCH3 is 1. The average molecular weight is 298 g/mol. The van der Waals surface area contributed by atoms with Gasteiger partial charge in [-0.1, -0.05) is 25.8 Å². The zero-order valence-corrected chi connectivity index (χ0v) is 13.1. The van der Waals surface area contributed by atoms with Crippen LogP contribution in [0.1, 0.15) is 43.1 Å². The molecule has 1 aliphatic rings. The highest BCUT2D eigenvalue weighted by molar-refractivity contribution is 5.95. The minimum Gasteiger partial charge on any atom is -0.497 e. The van der Waals surface area contributed by atoms with Gasteiger partial charge in [-0.15, -0.1) is 0 Å². The number of hydrogen-bond donors (Lipinski definition) is 1. The summed E-state index contributed by atoms with van der Waals surface area (Å²) in [5.74, 6) is 1.27. The number of hydrogen-bond acceptors (Lipinski definition) is 3. The second-order valence-corrected chi connectivity index (χ2v) is 6.10. The Morgan fingerprint density at radius 3 is 2.82 bits per heavy atom. The van der Waals surface area contributed by atoms with Crippen molar-refractivity contribution in [2.45, 2.75) is 38.6 Å². The molecule has 0 radical (unpaired) electrons. The monoisotopic (exact) mass is 298 g/mol. The fraction of sp³-hybridized carbons (Fsp3) is 0.444. The molecule has 1 aromatic carbocycles. The molecular formula is C18H22N2O2. The van der Waals surface area contributed by atoms with Crippen molar-refractivity contribution in [1.82, 2.24) is 10.3 Å². The highest BCUT2D eigenvalue weighted by Gasteiger charge is 2.23. The largest absolute Gasteiger partial charge is 0.497 e. The van der Waals surface area contributed by atoms with Crippen LogP contribution in [0.15, 0.2) is 30.3 Å². The van der Waals surface area contributed by atoms with E-state index in [1.165, 1.54) is 19.3 Å². The van der Waals surface area contributed by atoms with E-state index in [0.29, 0.717) is 11.6 Å². The van der Waals surface area contributed by atoms with Crippen LogP contribution in [0.25, 0.3) is 10.9 Å². The molecule has 1 N–H and O–H groups in total. The van der Waals surface area contributed by atoms with Crippen LogP contribution in [0.4, 0.5) is 0 Å². The zero-order chi connectivity index (χ0) is 15.5. The molecule has 4 heteroatoms. The van der Waals surface area contributed by atoms with Crippen LogP contribution in [0, 0.1) is 5.92 Å². The second kappa shape index (κ2) is 6.34. The number of nitrogens with one attached hydrogen (secondary N) is 1. The molecule has 116 valence electrons. The smallest absolute Gasteiger partial charge is 0.270 e. The first-order chi connectivity index (χ1) is 10.7. The number of benzene rings is 1. The van der Waals surface area contributed by atoms with Crippen molar-refractivity contribution in [3.8, 4) is 5.75 Å². The van der Waals surface area contributed by atoms with Crippen molar-refractivity contribution in [2.24, 2.45) is 5.92 Å². The Balaban J connectivity index is 1.78. The Morgan fingerprint density at radius 2 is 2.05 bits per heavy atom. The Bertz CT molecular complexity index is 684. The molecule has 0 saturated heterocycles. The minimum atomic E-state index is -0.0727. The molecule has 1 amide bonds. The first-order valence-corrected chi connectivity index (χ1v) is 7.93. The van der Waals surface area contributed by atoms with E-state index in [1.807, 2.05) is 24.3 Å². The number of fused-ring (bicyclic) bond motifs is 1. The van der Waals surface area contributed by atoms with Gasteiger partial charge < -0.3 is 10.1 Å². The van der Waals surface area contributed by atoms with Crippen molar-refractivity contribution in [3.63, 3.8) is 0 Å². The summed E-state index contributed by atoms with van der Waals surface area (Å²) in [6.45, 7) is 2.21. The van der Waals surface area contributed by atoms with E-state index in [1.54, 1.807) is 13.2 Å². The maximum atomic E-state index is 12.4. The first kappa shape index (κ1) is 14.8. The number of carbonyl (C=O) groups excluding carboxylic acids is 1. The third kappa shape index (κ3) is 3.06. The van der Waals surface area contributed by atoms with Gasteiger partial charge in [0, 0.05) is 11.4 Å². The fourth-order valence-electron chi connectivity index (χ4n) is 3.13. The third-order valence-corrected chi connectivity index (χ3v) is 4.56. The van der Waals surface area contributed by atoms with Crippen molar-refractivity contribution in [3.05, 3.63) is 36.0 Å². The number of aromatic nitrogens is 1. The number of rotatable bonds is 3. The maximum absolute atomic E-state index is 12.4. The number of ether oxygens (including phenoxy) is 1. The van der Waals surface area contributed by atoms with Gasteiger partial charge in [0.1, 0.15) is 11.4 Å². The lowest BCUT2D eigenvalue weighted by Crippen LogP contribution is -2.41. The first-order valence-electron chi connectivity index (χ1n) is 7.93. The van der Waals surface area contributed by atoms with Crippen molar-refractivity contribution in [2.75, 3.05) is 7.11 Å². The van der Waals surface area contributed by atoms with Gasteiger partial charge >= 0.3 is 0 Å². The van der Waals surface area contributed by atoms with Gasteiger partial charge in [0.25, 0.3) is 5.91 Å². The van der Waals surface area contributed by atoms with Crippen molar-refractivity contribution >= 4 is 16.8 Å². The highest BCUT2D eigenvalue weighted by atomic mass is 16.5. The van der Waals surface area contributed by atoms with E-state index in [4.69, 9.17) is 4.74 Å². The van der Waals surface area contributed by atoms with Gasteiger partial charge in [-0.05, 0) is 43.0 Å². The van der Waals surface area contributed by atoms with Gasteiger partial charge in [0.2, 0.25) is 0 Å². The van der Waals surface area contributed by atoms with Crippen LogP contribution in [0.5, 0.6) is 5.75 Å². The summed E-state index contributed by atoms with van der Waals surface area (Å²) in [6.07, 6.45) is 4.72. The second-order valence-electron chi connectivity index (χ2n) is 6.10. The highest BCUT2D eigenvalue weighted by Crippen LogP contribution is 2.24. The van der Waals surface area contributed by atoms with E-state index in [2.05, 4.69) is 17.2 Å². The Hall–Kier alpha value is -2.10. The van der Waals surface area contributed by atoms with E-state index in [9.17, 15) is 4.79 Å². The summed E-state index contributed by atoms with van der Waals surface area (Å²) in [5, 5.41) is 4.12. The van der Waals surface area contributed by atoms with Gasteiger partial charge in [-0.25, -0.2) is 4.98 Å². The van der Waals surface area contributed by atoms with Crippen LogP contribution in [-0.2, 0) is 0 Å². The molecule has 22 heavy (non-hydrogen) atoms. The summed E-state index contributed by atoms with van der Waals surface area (Å²) in [7, 11) is 1.64. The molecule has 3 rings (SSSR count). The number of nitrogens with zero attached hydrogens (tertiary/aromatic N) is 1. The quantitative estimate of drug-likeness (QED) is 0.942. The molecule has 1 aliphatic carbocycles. The average Bonchev–Trinajstić information content (AvgIpc) is 2.56. The van der Waals surface area contributed by atoms with E-state index < -0.39 is 0 Å². The number of carbonyl (C=O) groups is 1. The summed E-state index contributed by atoms with van der Waals surface area (Å²) >= 11 is 0. The van der Waals surface area contributed by atoms with Gasteiger partial charge in [0.15, 0.2) is 0 Å². The molecule has 1 heterocycles. The molecule has 1 fully saturated rings. The van der Waals surface area contributed by atoms with Crippen LogP contribution >= 0.6 is 0 Å². The van der Waals surface area contributed by atoms with Crippen molar-refractivity contribution in [1.29, 1.82) is 0 Å². The predicted molar refractivity (Wildman–Crippen MR) is 87.2 cm³/mol. The zero-order valence-electron chi connectivity index (χ0n) is 13.1. The van der Waals surface area contributed by atoms with Crippen LogP contribution in [-0.4, -0.2) is 24.0 Å². The molecule has 1 saturated carbocycles. The van der Waals surface area contributed by atoms with Gasteiger partial charge in [-0.3, -0.25) is 4.79 Å². The van der Waals surface area contributed by atoms with E-state index >= 15 is 0 Å². The summed E-state index contributed by atoms with van der Waals surface area (Å²) in [4.78, 5) is 16.9. The molecule has 1 aromatic heterocycles. The molecule has 2 atom stereocenters. The van der Waals surface area contributed by atoms with Crippen molar-refractivity contribution < 1.29 is 9.53 Å². The SMILES string of the molecule is COc1ccc2nc(C(=O)NC3CCCCC3C)ccc2c1. The molecule has 0 aliphatic heterocycles. The predicted octanol–water partition coefficient (Wildman–Crippen LogP) is 3.55. The summed E-state index contributed by atoms with van der Waals surface area (Å²) < 4.78 is 5.21. The van der Waals surface area contributed by atoms with E-state index in [0.717, 1.165) is 23.1 Å². The lowest BCUT2D eigenvalue weighted by molar-refractivity contribution is 0.0905. The lowest BCUT2D eigenvalue weighted by Gasteiger charge is -2.29. The normalized spacial score (nSPS) is 21.5. The molecule has 4 nitrogen and oxygen atoms in total. The van der Waals surface area contributed by atoms with Crippen LogP contribution < -0.4 is 10.1 Å². The number of pyridine rings is 1. The third-order valence-electron chi connectivity index (χ3n) is 4.56. The number of amides is 1. The van der Waals surface area contributed by atoms with Crippen LogP contribution in [0.3, 0.4) is 0 Å². The Labute approximate surface area is 130 Å². The molecule has 2 aromatic rings. The van der Waals surface area contributed by atoms with Gasteiger partial charge in [0.05, 0.1) is 12.6 Å². The lowest BCUT2D eigenvalue weighted by atomic mass is 9.86. The summed E-state index contributed by atoms with van der Waals surface area (Å²) in [5.41, 5.74) is 1.29. The Kier molecular flexibility index (Phi) is 4.27. The van der Waals surface area contributed by atoms with E-state index in [-0.39, 0.29) is 11.9 Å². The Morgan fingerprint density at radius 1 is 1.23 bits per heavy atom. The molecule has 2 unspecified atom stereocenters. The molecule has 0 spiro atoms. The standard InChI is InChI=1S/C18H22N2O2/c1-12-5-3-4-6-15(12)20-18(21)17-9-7-13-11-14(22-2)8-10-16(13)19-17/h7-12,15H,3-6H2,1-2H3,(H,20,21). The van der Waals surface area contributed by atoms with Crippen LogP contribution in [0.2, 0.25) is 0 Å². The van der Waals surface area contributed by atoms with Gasteiger partial charge in [-0.2, -0.15) is 0 Å². The minimum absolute atomic E-state index is 0.0727.